The molecule has 1 fully saturated rings. The molecule has 0 radical (unpaired) electrons. The highest BCUT2D eigenvalue weighted by Crippen LogP contribution is 2.20. The van der Waals surface area contributed by atoms with Gasteiger partial charge in [-0.2, -0.15) is 0 Å². The summed E-state index contributed by atoms with van der Waals surface area (Å²) in [4.78, 5) is 28.9. The number of aryl methyl sites for hydroxylation is 2. The van der Waals surface area contributed by atoms with Crippen LogP contribution in [-0.2, 0) is 16.0 Å². The van der Waals surface area contributed by atoms with Crippen molar-refractivity contribution in [1.29, 1.82) is 0 Å². The molecular weight excluding hydrogens is 346 g/mol. The van der Waals surface area contributed by atoms with Crippen LogP contribution in [0.5, 0.6) is 0 Å². The number of carbonyl (C=O) groups is 2. The Labute approximate surface area is 154 Å². The largest absolute Gasteiger partial charge is 0.355 e. The van der Waals surface area contributed by atoms with Gasteiger partial charge in [-0.15, -0.1) is 23.7 Å². The smallest absolute Gasteiger partial charge is 0.224 e. The van der Waals surface area contributed by atoms with Crippen LogP contribution in [0.1, 0.15) is 35.4 Å². The molecule has 2 amide bonds. The molecule has 1 aliphatic heterocycles. The quantitative estimate of drug-likeness (QED) is 0.768. The first-order valence-electron chi connectivity index (χ1n) is 8.41. The molecule has 136 valence electrons. The fourth-order valence-electron chi connectivity index (χ4n) is 2.95. The molecule has 5 nitrogen and oxygen atoms in total. The number of nitrogens with two attached hydrogens (primary N) is 1. The average Bonchev–Trinajstić information content (AvgIpc) is 2.98. The molecule has 0 saturated carbocycles. The zero-order valence-corrected chi connectivity index (χ0v) is 15.9. The van der Waals surface area contributed by atoms with Gasteiger partial charge in [-0.05, 0) is 44.7 Å². The lowest BCUT2D eigenvalue weighted by molar-refractivity contribution is -0.135. The van der Waals surface area contributed by atoms with Crippen LogP contribution in [0.4, 0.5) is 0 Å². The molecule has 24 heavy (non-hydrogen) atoms. The topological polar surface area (TPSA) is 75.4 Å². The minimum atomic E-state index is -0.0841. The second-order valence-electron chi connectivity index (χ2n) is 6.12. The summed E-state index contributed by atoms with van der Waals surface area (Å²) in [5, 5.41) is 2.83. The number of hydrogen-bond donors (Lipinski definition) is 2. The Morgan fingerprint density at radius 3 is 2.88 bits per heavy atom. The maximum Gasteiger partial charge on any atom is 0.224 e. The van der Waals surface area contributed by atoms with E-state index >= 15 is 0 Å². The summed E-state index contributed by atoms with van der Waals surface area (Å²) in [5.74, 6) is 0.121. The number of likely N-dealkylation sites (tertiary alicyclic amines) is 1. The van der Waals surface area contributed by atoms with Crippen LogP contribution in [-0.4, -0.2) is 42.9 Å². The normalized spacial score (nSPS) is 17.2. The zero-order valence-electron chi connectivity index (χ0n) is 14.3. The van der Waals surface area contributed by atoms with E-state index in [9.17, 15) is 9.59 Å². The van der Waals surface area contributed by atoms with E-state index < -0.39 is 0 Å². The fraction of sp³-hybridized carbons (Fsp3) is 0.647. The van der Waals surface area contributed by atoms with Gasteiger partial charge in [0.2, 0.25) is 11.8 Å². The molecule has 3 N–H and O–H groups in total. The Morgan fingerprint density at radius 2 is 2.21 bits per heavy atom. The van der Waals surface area contributed by atoms with Gasteiger partial charge < -0.3 is 16.0 Å². The molecule has 0 aromatic carbocycles. The Balaban J connectivity index is 0.00000288. The molecule has 1 saturated heterocycles. The molecule has 1 aliphatic rings. The predicted octanol–water partition coefficient (Wildman–Crippen LogP) is 2.11. The third kappa shape index (κ3) is 6.42. The Kier molecular flexibility index (Phi) is 9.33. The van der Waals surface area contributed by atoms with E-state index in [1.165, 1.54) is 9.75 Å². The molecule has 0 bridgehead atoms. The van der Waals surface area contributed by atoms with E-state index in [1.807, 2.05) is 4.90 Å². The van der Waals surface area contributed by atoms with E-state index in [0.29, 0.717) is 26.1 Å². The summed E-state index contributed by atoms with van der Waals surface area (Å²) in [6.07, 6.45) is 4.15. The molecule has 2 rings (SSSR count). The second-order valence-corrected chi connectivity index (χ2v) is 7.50. The summed E-state index contributed by atoms with van der Waals surface area (Å²) in [6.45, 7) is 4.38. The first kappa shape index (κ1) is 20.9. The van der Waals surface area contributed by atoms with E-state index in [2.05, 4.69) is 24.4 Å². The lowest BCUT2D eigenvalue weighted by Gasteiger charge is -2.32. The highest BCUT2D eigenvalue weighted by Gasteiger charge is 2.27. The molecular formula is C17H28ClN3O2S. The third-order valence-corrected chi connectivity index (χ3v) is 5.26. The van der Waals surface area contributed by atoms with Crippen LogP contribution in [0.3, 0.4) is 0 Å². The van der Waals surface area contributed by atoms with Crippen molar-refractivity contribution in [2.45, 2.75) is 39.0 Å². The van der Waals surface area contributed by atoms with Gasteiger partial charge in [0.25, 0.3) is 0 Å². The predicted molar refractivity (Wildman–Crippen MR) is 101 cm³/mol. The van der Waals surface area contributed by atoms with Crippen LogP contribution in [0.2, 0.25) is 0 Å². The summed E-state index contributed by atoms with van der Waals surface area (Å²) in [6, 6.07) is 4.26. The number of halogens is 1. The van der Waals surface area contributed by atoms with E-state index in [0.717, 1.165) is 32.2 Å². The maximum atomic E-state index is 12.4. The van der Waals surface area contributed by atoms with Crippen LogP contribution in [0.25, 0.3) is 0 Å². The summed E-state index contributed by atoms with van der Waals surface area (Å²) in [5.41, 5.74) is 5.41. The van der Waals surface area contributed by atoms with Gasteiger partial charge in [-0.25, -0.2) is 0 Å². The molecule has 1 aromatic heterocycles. The Bertz CT molecular complexity index is 536. The number of nitrogens with zero attached hydrogens (tertiary/aromatic N) is 1. The lowest BCUT2D eigenvalue weighted by Crippen LogP contribution is -2.46. The number of amides is 2. The van der Waals surface area contributed by atoms with Crippen molar-refractivity contribution in [3.8, 4) is 0 Å². The summed E-state index contributed by atoms with van der Waals surface area (Å²) >= 11 is 1.80. The summed E-state index contributed by atoms with van der Waals surface area (Å²) < 4.78 is 0. The van der Waals surface area contributed by atoms with Gasteiger partial charge in [0.1, 0.15) is 0 Å². The van der Waals surface area contributed by atoms with Gasteiger partial charge in [-0.1, -0.05) is 0 Å². The van der Waals surface area contributed by atoms with Crippen LogP contribution >= 0.6 is 23.7 Å². The molecule has 0 aliphatic carbocycles. The minimum Gasteiger partial charge on any atom is -0.355 e. The number of nitrogens with one attached hydrogen (secondary N) is 1. The third-order valence-electron chi connectivity index (χ3n) is 4.20. The molecule has 2 heterocycles. The maximum absolute atomic E-state index is 12.4. The number of rotatable bonds is 7. The molecule has 7 heteroatoms. The van der Waals surface area contributed by atoms with Gasteiger partial charge in [0.15, 0.2) is 0 Å². The zero-order chi connectivity index (χ0) is 16.7. The number of piperidine rings is 1. The van der Waals surface area contributed by atoms with Crippen molar-refractivity contribution in [2.75, 3.05) is 26.2 Å². The van der Waals surface area contributed by atoms with Crippen molar-refractivity contribution >= 4 is 35.6 Å². The molecule has 0 spiro atoms. The van der Waals surface area contributed by atoms with Crippen molar-refractivity contribution in [2.24, 2.45) is 11.7 Å². The SMILES string of the molecule is Cc1ccc(CCCC(=O)N2CCCC(C(=O)NCCN)C2)s1.Cl. The van der Waals surface area contributed by atoms with Gasteiger partial charge in [0, 0.05) is 42.4 Å². The fourth-order valence-corrected chi connectivity index (χ4v) is 3.88. The first-order valence-corrected chi connectivity index (χ1v) is 9.22. The average molecular weight is 374 g/mol. The summed E-state index contributed by atoms with van der Waals surface area (Å²) in [7, 11) is 0. The standard InChI is InChI=1S/C17H27N3O2S.ClH/c1-13-7-8-15(23-13)5-2-6-16(21)20-11-3-4-14(12-20)17(22)19-10-9-18;/h7-8,14H,2-6,9-12,18H2,1H3,(H,19,22);1H. The first-order chi connectivity index (χ1) is 11.1. The number of carbonyl (C=O) groups excluding carboxylic acids is 2. The number of thiophene rings is 1. The van der Waals surface area contributed by atoms with Crippen LogP contribution < -0.4 is 11.1 Å². The molecule has 1 aromatic rings. The Morgan fingerprint density at radius 1 is 1.42 bits per heavy atom. The lowest BCUT2D eigenvalue weighted by atomic mass is 9.96. The number of hydrogen-bond acceptors (Lipinski definition) is 4. The Hall–Kier alpha value is -1.11. The van der Waals surface area contributed by atoms with Crippen molar-refractivity contribution in [3.05, 3.63) is 21.9 Å². The van der Waals surface area contributed by atoms with E-state index in [-0.39, 0.29) is 30.1 Å². The monoisotopic (exact) mass is 373 g/mol. The highest BCUT2D eigenvalue weighted by molar-refractivity contribution is 7.11. The minimum absolute atomic E-state index is 0. The van der Waals surface area contributed by atoms with Crippen molar-refractivity contribution in [3.63, 3.8) is 0 Å². The van der Waals surface area contributed by atoms with Crippen LogP contribution in [0.15, 0.2) is 12.1 Å². The molecule has 1 unspecified atom stereocenters. The molecule has 1 atom stereocenters. The van der Waals surface area contributed by atoms with Crippen molar-refractivity contribution in [1.82, 2.24) is 10.2 Å². The van der Waals surface area contributed by atoms with Gasteiger partial charge >= 0.3 is 0 Å². The van der Waals surface area contributed by atoms with Crippen LogP contribution in [0, 0.1) is 12.8 Å². The second kappa shape index (κ2) is 10.7. The van der Waals surface area contributed by atoms with E-state index in [1.54, 1.807) is 11.3 Å². The van der Waals surface area contributed by atoms with Gasteiger partial charge in [0.05, 0.1) is 5.92 Å². The van der Waals surface area contributed by atoms with E-state index in [4.69, 9.17) is 5.73 Å². The highest BCUT2D eigenvalue weighted by atomic mass is 35.5. The van der Waals surface area contributed by atoms with Crippen molar-refractivity contribution < 1.29 is 9.59 Å². The van der Waals surface area contributed by atoms with Gasteiger partial charge in [-0.3, -0.25) is 9.59 Å².